The van der Waals surface area contributed by atoms with Crippen molar-refractivity contribution in [2.45, 2.75) is 38.3 Å². The molecule has 19 heavy (non-hydrogen) atoms. The Morgan fingerprint density at radius 1 is 1.42 bits per heavy atom. The average molecular weight is 282 g/mol. The smallest absolute Gasteiger partial charge is 0.270 e. The number of aromatic nitrogens is 1. The maximum Gasteiger partial charge on any atom is 0.270 e. The van der Waals surface area contributed by atoms with Crippen LogP contribution in [0.1, 0.15) is 42.7 Å². The Morgan fingerprint density at radius 2 is 2.16 bits per heavy atom. The van der Waals surface area contributed by atoms with Gasteiger partial charge in [0.15, 0.2) is 0 Å². The van der Waals surface area contributed by atoms with Crippen molar-refractivity contribution in [1.82, 2.24) is 9.47 Å². The quantitative estimate of drug-likeness (QED) is 0.904. The van der Waals surface area contributed by atoms with Crippen molar-refractivity contribution >= 4 is 17.5 Å². The van der Waals surface area contributed by atoms with Gasteiger partial charge in [-0.3, -0.25) is 4.79 Å². The number of halogens is 1. The van der Waals surface area contributed by atoms with E-state index < -0.39 is 0 Å². The number of rotatable bonds is 2. The second kappa shape index (κ2) is 4.84. The molecular formula is C14H20ClN3O. The number of likely N-dealkylation sites (tertiary alicyclic amines) is 1. The van der Waals surface area contributed by atoms with Crippen LogP contribution in [0.4, 0.5) is 0 Å². The summed E-state index contributed by atoms with van der Waals surface area (Å²) in [5.74, 6) is 0.454. The predicted molar refractivity (Wildman–Crippen MR) is 75.4 cm³/mol. The molecule has 1 amide bonds. The standard InChI is InChI=1S/C14H20ClN3O/c1-9-7-17(5-4-12(9)16)14(19)13-6-10(15)8-18(13)11-2-3-11/h6,8-9,11-12H,2-5,7,16H2,1H3. The number of piperidine rings is 1. The highest BCUT2D eigenvalue weighted by atomic mass is 35.5. The van der Waals surface area contributed by atoms with Crippen LogP contribution in [-0.4, -0.2) is 34.5 Å². The van der Waals surface area contributed by atoms with Crippen LogP contribution in [-0.2, 0) is 0 Å². The minimum Gasteiger partial charge on any atom is -0.339 e. The minimum absolute atomic E-state index is 0.0950. The Labute approximate surface area is 118 Å². The van der Waals surface area contributed by atoms with Gasteiger partial charge in [-0.25, -0.2) is 0 Å². The topological polar surface area (TPSA) is 51.3 Å². The number of amides is 1. The molecule has 0 spiro atoms. The van der Waals surface area contributed by atoms with E-state index >= 15 is 0 Å². The lowest BCUT2D eigenvalue weighted by Gasteiger charge is -2.35. The minimum atomic E-state index is 0.0950. The molecule has 1 aromatic rings. The molecule has 2 fully saturated rings. The number of nitrogens with two attached hydrogens (primary N) is 1. The molecule has 1 saturated carbocycles. The van der Waals surface area contributed by atoms with Crippen LogP contribution in [0.15, 0.2) is 12.3 Å². The van der Waals surface area contributed by atoms with Crippen LogP contribution in [0.2, 0.25) is 5.02 Å². The van der Waals surface area contributed by atoms with E-state index in [9.17, 15) is 4.79 Å². The van der Waals surface area contributed by atoms with Crippen molar-refractivity contribution < 1.29 is 4.79 Å². The van der Waals surface area contributed by atoms with Gasteiger partial charge >= 0.3 is 0 Å². The fourth-order valence-corrected chi connectivity index (χ4v) is 2.99. The van der Waals surface area contributed by atoms with E-state index in [4.69, 9.17) is 17.3 Å². The van der Waals surface area contributed by atoms with Gasteiger partial charge in [0.2, 0.25) is 0 Å². The highest BCUT2D eigenvalue weighted by Gasteiger charge is 2.32. The van der Waals surface area contributed by atoms with Crippen molar-refractivity contribution in [3.05, 3.63) is 23.0 Å². The van der Waals surface area contributed by atoms with E-state index in [1.807, 2.05) is 15.7 Å². The number of carbonyl (C=O) groups excluding carboxylic acids is 1. The molecule has 1 saturated heterocycles. The molecule has 3 rings (SSSR count). The lowest BCUT2D eigenvalue weighted by Crippen LogP contribution is -2.48. The van der Waals surface area contributed by atoms with Gasteiger partial charge < -0.3 is 15.2 Å². The molecule has 2 unspecified atom stereocenters. The van der Waals surface area contributed by atoms with Gasteiger partial charge in [-0.15, -0.1) is 0 Å². The third kappa shape index (κ3) is 2.51. The highest BCUT2D eigenvalue weighted by molar-refractivity contribution is 6.31. The number of hydrogen-bond donors (Lipinski definition) is 1. The van der Waals surface area contributed by atoms with E-state index in [1.54, 1.807) is 6.07 Å². The summed E-state index contributed by atoms with van der Waals surface area (Å²) in [6, 6.07) is 2.47. The SMILES string of the molecule is CC1CN(C(=O)c2cc(Cl)cn2C2CC2)CCC1N. The molecule has 2 N–H and O–H groups in total. The van der Waals surface area contributed by atoms with Crippen LogP contribution in [0, 0.1) is 5.92 Å². The van der Waals surface area contributed by atoms with Gasteiger partial charge in [-0.2, -0.15) is 0 Å². The van der Waals surface area contributed by atoms with Gasteiger partial charge in [0, 0.05) is 31.4 Å². The molecule has 1 aromatic heterocycles. The Morgan fingerprint density at radius 3 is 2.79 bits per heavy atom. The zero-order chi connectivity index (χ0) is 13.6. The summed E-state index contributed by atoms with van der Waals surface area (Å²) in [5, 5.41) is 0.650. The highest BCUT2D eigenvalue weighted by Crippen LogP contribution is 2.37. The van der Waals surface area contributed by atoms with Crippen LogP contribution in [0.3, 0.4) is 0 Å². The molecule has 104 valence electrons. The largest absolute Gasteiger partial charge is 0.339 e. The normalized spacial score (nSPS) is 27.6. The maximum absolute atomic E-state index is 12.6. The summed E-state index contributed by atoms with van der Waals surface area (Å²) < 4.78 is 2.05. The van der Waals surface area contributed by atoms with E-state index in [2.05, 4.69) is 6.92 Å². The fourth-order valence-electron chi connectivity index (χ4n) is 2.78. The average Bonchev–Trinajstić information content (AvgIpc) is 3.15. The lowest BCUT2D eigenvalue weighted by atomic mass is 9.94. The van der Waals surface area contributed by atoms with Gasteiger partial charge in [-0.05, 0) is 31.2 Å². The zero-order valence-corrected chi connectivity index (χ0v) is 11.9. The van der Waals surface area contributed by atoms with E-state index in [-0.39, 0.29) is 11.9 Å². The molecule has 2 atom stereocenters. The summed E-state index contributed by atoms with van der Waals surface area (Å²) in [7, 11) is 0. The lowest BCUT2D eigenvalue weighted by molar-refractivity contribution is 0.0653. The Hall–Kier alpha value is -1.00. The van der Waals surface area contributed by atoms with Crippen molar-refractivity contribution in [2.24, 2.45) is 11.7 Å². The molecule has 1 aliphatic carbocycles. The summed E-state index contributed by atoms with van der Waals surface area (Å²) in [6.45, 7) is 3.60. The first-order valence-electron chi connectivity index (χ1n) is 6.98. The first-order chi connectivity index (χ1) is 9.06. The van der Waals surface area contributed by atoms with Crippen LogP contribution in [0.25, 0.3) is 0 Å². The number of carbonyl (C=O) groups is 1. The molecule has 0 bridgehead atoms. The van der Waals surface area contributed by atoms with Crippen molar-refractivity contribution in [2.75, 3.05) is 13.1 Å². The molecule has 5 heteroatoms. The van der Waals surface area contributed by atoms with Crippen LogP contribution in [0.5, 0.6) is 0 Å². The number of hydrogen-bond acceptors (Lipinski definition) is 2. The fraction of sp³-hybridized carbons (Fsp3) is 0.643. The Balaban J connectivity index is 1.80. The predicted octanol–water partition coefficient (Wildman–Crippen LogP) is 2.29. The number of nitrogens with zero attached hydrogens (tertiary/aromatic N) is 2. The third-order valence-electron chi connectivity index (χ3n) is 4.23. The summed E-state index contributed by atoms with van der Waals surface area (Å²) >= 11 is 6.06. The van der Waals surface area contributed by atoms with Crippen molar-refractivity contribution in [3.8, 4) is 0 Å². The summed E-state index contributed by atoms with van der Waals surface area (Å²) in [5.41, 5.74) is 6.74. The molecule has 0 aromatic carbocycles. The molecule has 0 radical (unpaired) electrons. The molecular weight excluding hydrogens is 262 g/mol. The van der Waals surface area contributed by atoms with E-state index in [0.29, 0.717) is 17.0 Å². The third-order valence-corrected chi connectivity index (χ3v) is 4.44. The maximum atomic E-state index is 12.6. The zero-order valence-electron chi connectivity index (χ0n) is 11.2. The molecule has 2 aliphatic rings. The second-order valence-electron chi connectivity index (χ2n) is 5.86. The first kappa shape index (κ1) is 13.0. The second-order valence-corrected chi connectivity index (χ2v) is 6.30. The summed E-state index contributed by atoms with van der Waals surface area (Å²) in [4.78, 5) is 14.5. The van der Waals surface area contributed by atoms with Gasteiger partial charge in [-0.1, -0.05) is 18.5 Å². The van der Waals surface area contributed by atoms with Crippen LogP contribution < -0.4 is 5.73 Å². The van der Waals surface area contributed by atoms with Crippen molar-refractivity contribution in [3.63, 3.8) is 0 Å². The molecule has 1 aliphatic heterocycles. The van der Waals surface area contributed by atoms with E-state index in [0.717, 1.165) is 38.0 Å². The van der Waals surface area contributed by atoms with Gasteiger partial charge in [0.05, 0.1) is 5.02 Å². The monoisotopic (exact) mass is 281 g/mol. The first-order valence-corrected chi connectivity index (χ1v) is 7.36. The Bertz CT molecular complexity index is 495. The molecule has 4 nitrogen and oxygen atoms in total. The summed E-state index contributed by atoms with van der Waals surface area (Å²) in [6.07, 6.45) is 5.05. The van der Waals surface area contributed by atoms with Crippen molar-refractivity contribution in [1.29, 1.82) is 0 Å². The molecule has 2 heterocycles. The van der Waals surface area contributed by atoms with Gasteiger partial charge in [0.1, 0.15) is 5.69 Å². The van der Waals surface area contributed by atoms with Gasteiger partial charge in [0.25, 0.3) is 5.91 Å². The van der Waals surface area contributed by atoms with E-state index in [1.165, 1.54) is 0 Å². The van der Waals surface area contributed by atoms with Crippen LogP contribution >= 0.6 is 11.6 Å². The Kier molecular flexibility index (Phi) is 3.31.